The Kier molecular flexibility index (Phi) is 5.96. The highest BCUT2D eigenvalue weighted by atomic mass is 32.2. The zero-order valence-corrected chi connectivity index (χ0v) is 13.9. The molecule has 0 spiro atoms. The maximum absolute atomic E-state index is 2.37. The molecule has 0 radical (unpaired) electrons. The summed E-state index contributed by atoms with van der Waals surface area (Å²) in [6, 6.07) is 9.21. The minimum atomic E-state index is 0.835. The van der Waals surface area contributed by atoms with Crippen LogP contribution >= 0.6 is 23.5 Å². The molecule has 0 saturated heterocycles. The van der Waals surface area contributed by atoms with E-state index in [1.165, 1.54) is 34.9 Å². The molecule has 0 bridgehead atoms. The van der Waals surface area contributed by atoms with Crippen molar-refractivity contribution < 1.29 is 0 Å². The molecule has 1 saturated carbocycles. The Morgan fingerprint density at radius 2 is 1.84 bits per heavy atom. The van der Waals surface area contributed by atoms with Gasteiger partial charge in [0.1, 0.15) is 0 Å². The molecule has 0 N–H and O–H groups in total. The second-order valence-electron chi connectivity index (χ2n) is 5.44. The van der Waals surface area contributed by atoms with E-state index >= 15 is 0 Å². The number of nitrogens with zero attached hydrogens (tertiary/aromatic N) is 1. The number of anilines is 1. The molecule has 0 aliphatic heterocycles. The fourth-order valence-corrected chi connectivity index (χ4v) is 4.08. The van der Waals surface area contributed by atoms with Crippen molar-refractivity contribution in [3.05, 3.63) is 29.8 Å². The van der Waals surface area contributed by atoms with Crippen LogP contribution in [0.1, 0.15) is 24.8 Å². The van der Waals surface area contributed by atoms with Crippen LogP contribution in [-0.2, 0) is 0 Å². The summed E-state index contributed by atoms with van der Waals surface area (Å²) in [6.45, 7) is 3.48. The van der Waals surface area contributed by atoms with Crippen LogP contribution in [0.2, 0.25) is 0 Å². The first-order valence-electron chi connectivity index (χ1n) is 7.10. The van der Waals surface area contributed by atoms with Crippen LogP contribution in [0.3, 0.4) is 0 Å². The Labute approximate surface area is 126 Å². The second kappa shape index (κ2) is 7.49. The predicted molar refractivity (Wildman–Crippen MR) is 91.9 cm³/mol. The molecule has 0 amide bonds. The van der Waals surface area contributed by atoms with Crippen LogP contribution in [0.5, 0.6) is 0 Å². The smallest absolute Gasteiger partial charge is 0.0364 e. The van der Waals surface area contributed by atoms with Gasteiger partial charge in [0, 0.05) is 36.5 Å². The minimum Gasteiger partial charge on any atom is -0.374 e. The Hall–Kier alpha value is -0.280. The first kappa shape index (κ1) is 15.1. The predicted octanol–water partition coefficient (Wildman–Crippen LogP) is 4.34. The minimum absolute atomic E-state index is 0.835. The lowest BCUT2D eigenvalue weighted by Crippen LogP contribution is -2.20. The summed E-state index contributed by atoms with van der Waals surface area (Å²) in [5.74, 6) is 5.49. The van der Waals surface area contributed by atoms with Gasteiger partial charge in [0.15, 0.2) is 0 Å². The van der Waals surface area contributed by atoms with Gasteiger partial charge in [-0.3, -0.25) is 0 Å². The van der Waals surface area contributed by atoms with Gasteiger partial charge in [-0.1, -0.05) is 19.1 Å². The Morgan fingerprint density at radius 1 is 1.16 bits per heavy atom. The third-order valence-electron chi connectivity index (χ3n) is 3.87. The highest BCUT2D eigenvalue weighted by molar-refractivity contribution is 8.02. The SMILES string of the molecule is CSCCSCCN(C)c1ccc(C2CC2C)cc1. The molecule has 1 aliphatic rings. The van der Waals surface area contributed by atoms with Gasteiger partial charge in [-0.2, -0.15) is 23.5 Å². The lowest BCUT2D eigenvalue weighted by atomic mass is 10.1. The van der Waals surface area contributed by atoms with E-state index in [9.17, 15) is 0 Å². The first-order chi connectivity index (χ1) is 9.22. The molecule has 1 aromatic carbocycles. The second-order valence-corrected chi connectivity index (χ2v) is 7.65. The number of thioether (sulfide) groups is 2. The van der Waals surface area contributed by atoms with Crippen LogP contribution < -0.4 is 4.90 Å². The molecule has 2 rings (SSSR count). The van der Waals surface area contributed by atoms with Crippen LogP contribution in [-0.4, -0.2) is 37.1 Å². The van der Waals surface area contributed by atoms with Crippen molar-refractivity contribution in [2.24, 2.45) is 5.92 Å². The van der Waals surface area contributed by atoms with Gasteiger partial charge in [0.25, 0.3) is 0 Å². The summed E-state index contributed by atoms with van der Waals surface area (Å²) in [5, 5.41) is 0. The maximum atomic E-state index is 2.37. The van der Waals surface area contributed by atoms with E-state index in [1.54, 1.807) is 0 Å². The van der Waals surface area contributed by atoms with Crippen molar-refractivity contribution in [3.63, 3.8) is 0 Å². The number of rotatable bonds is 8. The van der Waals surface area contributed by atoms with E-state index in [-0.39, 0.29) is 0 Å². The molecule has 3 heteroatoms. The standard InChI is InChI=1S/C16H25NS2/c1-13-12-16(13)14-4-6-15(7-5-14)17(2)8-9-19-11-10-18-3/h4-7,13,16H,8-12H2,1-3H3. The van der Waals surface area contributed by atoms with E-state index in [4.69, 9.17) is 0 Å². The molecular formula is C16H25NS2. The zero-order chi connectivity index (χ0) is 13.7. The van der Waals surface area contributed by atoms with Gasteiger partial charge < -0.3 is 4.90 Å². The lowest BCUT2D eigenvalue weighted by Gasteiger charge is -2.19. The normalized spacial score (nSPS) is 21.4. The third kappa shape index (κ3) is 4.64. The van der Waals surface area contributed by atoms with Crippen LogP contribution in [0.25, 0.3) is 0 Å². The van der Waals surface area contributed by atoms with E-state index in [0.29, 0.717) is 0 Å². The Morgan fingerprint density at radius 3 is 2.42 bits per heavy atom. The van der Waals surface area contributed by atoms with Gasteiger partial charge in [-0.05, 0) is 42.2 Å². The summed E-state index contributed by atoms with van der Waals surface area (Å²) >= 11 is 3.99. The van der Waals surface area contributed by atoms with E-state index < -0.39 is 0 Å². The summed E-state index contributed by atoms with van der Waals surface area (Å²) in [6.07, 6.45) is 3.55. The summed E-state index contributed by atoms with van der Waals surface area (Å²) in [7, 11) is 2.20. The average Bonchev–Trinajstić information content (AvgIpc) is 3.16. The number of benzene rings is 1. The van der Waals surface area contributed by atoms with Gasteiger partial charge >= 0.3 is 0 Å². The average molecular weight is 296 g/mol. The molecule has 2 unspecified atom stereocenters. The van der Waals surface area contributed by atoms with Crippen molar-refractivity contribution >= 4 is 29.2 Å². The fraction of sp³-hybridized carbons (Fsp3) is 0.625. The third-order valence-corrected chi connectivity index (χ3v) is 5.71. The highest BCUT2D eigenvalue weighted by Gasteiger charge is 2.33. The quantitative estimate of drug-likeness (QED) is 0.657. The molecular weight excluding hydrogens is 270 g/mol. The van der Waals surface area contributed by atoms with Crippen molar-refractivity contribution in [2.75, 3.05) is 42.0 Å². The monoisotopic (exact) mass is 295 g/mol. The summed E-state index contributed by atoms with van der Waals surface area (Å²) < 4.78 is 0. The van der Waals surface area contributed by atoms with E-state index in [2.05, 4.69) is 61.2 Å². The zero-order valence-electron chi connectivity index (χ0n) is 12.3. The molecule has 1 aromatic rings. The van der Waals surface area contributed by atoms with Gasteiger partial charge in [-0.15, -0.1) is 0 Å². The van der Waals surface area contributed by atoms with Crippen molar-refractivity contribution in [1.82, 2.24) is 0 Å². The van der Waals surface area contributed by atoms with E-state index in [0.717, 1.165) is 18.4 Å². The topological polar surface area (TPSA) is 3.24 Å². The highest BCUT2D eigenvalue weighted by Crippen LogP contribution is 2.46. The molecule has 1 nitrogen and oxygen atoms in total. The lowest BCUT2D eigenvalue weighted by molar-refractivity contribution is 0.913. The van der Waals surface area contributed by atoms with Crippen molar-refractivity contribution in [3.8, 4) is 0 Å². The van der Waals surface area contributed by atoms with E-state index in [1.807, 2.05) is 11.8 Å². The molecule has 2 atom stereocenters. The van der Waals surface area contributed by atoms with Crippen molar-refractivity contribution in [2.45, 2.75) is 19.3 Å². The van der Waals surface area contributed by atoms with Gasteiger partial charge in [-0.25, -0.2) is 0 Å². The first-order valence-corrected chi connectivity index (χ1v) is 9.65. The molecule has 19 heavy (non-hydrogen) atoms. The maximum Gasteiger partial charge on any atom is 0.0364 e. The summed E-state index contributed by atoms with van der Waals surface area (Å²) in [5.41, 5.74) is 2.88. The molecule has 106 valence electrons. The van der Waals surface area contributed by atoms with Crippen LogP contribution in [0.4, 0.5) is 5.69 Å². The Balaban J connectivity index is 1.74. The number of hydrogen-bond acceptors (Lipinski definition) is 3. The van der Waals surface area contributed by atoms with Crippen molar-refractivity contribution in [1.29, 1.82) is 0 Å². The molecule has 0 aromatic heterocycles. The van der Waals surface area contributed by atoms with Gasteiger partial charge in [0.2, 0.25) is 0 Å². The number of hydrogen-bond donors (Lipinski definition) is 0. The van der Waals surface area contributed by atoms with Crippen LogP contribution in [0, 0.1) is 5.92 Å². The molecule has 1 aliphatic carbocycles. The molecule has 0 heterocycles. The Bertz CT molecular complexity index is 377. The largest absolute Gasteiger partial charge is 0.374 e. The van der Waals surface area contributed by atoms with Gasteiger partial charge in [0.05, 0.1) is 0 Å². The van der Waals surface area contributed by atoms with Crippen LogP contribution in [0.15, 0.2) is 24.3 Å². The fourth-order valence-electron chi connectivity index (χ4n) is 2.34. The molecule has 1 fully saturated rings. The summed E-state index contributed by atoms with van der Waals surface area (Å²) in [4.78, 5) is 2.37.